The number of nitrogens with one attached hydrogen (secondary N) is 1. The van der Waals surface area contributed by atoms with E-state index in [4.69, 9.17) is 14.2 Å². The lowest BCUT2D eigenvalue weighted by atomic mass is 9.98. The zero-order chi connectivity index (χ0) is 23.3. The second-order valence-electron chi connectivity index (χ2n) is 9.51. The normalized spacial score (nSPS) is 19.3. The number of likely N-dealkylation sites (tertiary alicyclic amines) is 1. The van der Waals surface area contributed by atoms with E-state index in [0.29, 0.717) is 12.5 Å². The van der Waals surface area contributed by atoms with Gasteiger partial charge in [0, 0.05) is 39.8 Å². The van der Waals surface area contributed by atoms with Gasteiger partial charge in [-0.2, -0.15) is 0 Å². The van der Waals surface area contributed by atoms with Crippen molar-refractivity contribution in [1.82, 2.24) is 15.1 Å². The minimum absolute atomic E-state index is 0.219. The highest BCUT2D eigenvalue weighted by atomic mass is 16.6. The molecular weight excluding hydrogens is 408 g/mol. The summed E-state index contributed by atoms with van der Waals surface area (Å²) in [6.07, 6.45) is 2.78. The molecule has 0 aromatic heterocycles. The molecule has 1 atom stereocenters. The van der Waals surface area contributed by atoms with Gasteiger partial charge in [-0.15, -0.1) is 0 Å². The number of fused-ring (bicyclic) bond motifs is 1. The van der Waals surface area contributed by atoms with Gasteiger partial charge in [-0.1, -0.05) is 0 Å². The summed E-state index contributed by atoms with van der Waals surface area (Å²) < 4.78 is 16.5. The molecule has 3 rings (SSSR count). The Morgan fingerprint density at radius 3 is 2.44 bits per heavy atom. The number of amides is 1. The van der Waals surface area contributed by atoms with Crippen LogP contribution in [0.15, 0.2) is 17.1 Å². The Labute approximate surface area is 191 Å². The highest BCUT2D eigenvalue weighted by molar-refractivity contribution is 5.80. The van der Waals surface area contributed by atoms with Gasteiger partial charge < -0.3 is 29.3 Å². The van der Waals surface area contributed by atoms with Crippen LogP contribution >= 0.6 is 0 Å². The van der Waals surface area contributed by atoms with Crippen LogP contribution in [0.5, 0.6) is 11.5 Å². The number of benzene rings is 1. The average Bonchev–Trinajstić information content (AvgIpc) is 2.77. The van der Waals surface area contributed by atoms with Crippen LogP contribution in [-0.2, 0) is 17.7 Å². The van der Waals surface area contributed by atoms with Gasteiger partial charge in [0.15, 0.2) is 17.5 Å². The summed E-state index contributed by atoms with van der Waals surface area (Å²) in [6.45, 7) is 9.61. The smallest absolute Gasteiger partial charge is 0.410 e. The molecule has 2 heterocycles. The Kier molecular flexibility index (Phi) is 7.74. The van der Waals surface area contributed by atoms with Gasteiger partial charge >= 0.3 is 6.09 Å². The maximum Gasteiger partial charge on any atom is 0.410 e. The van der Waals surface area contributed by atoms with Crippen molar-refractivity contribution in [1.29, 1.82) is 0 Å². The summed E-state index contributed by atoms with van der Waals surface area (Å²) in [5.41, 5.74) is 2.04. The number of hydrogen-bond donors (Lipinski definition) is 1. The number of hydrogen-bond acceptors (Lipinski definition) is 5. The van der Waals surface area contributed by atoms with Crippen molar-refractivity contribution in [3.05, 3.63) is 23.3 Å². The molecule has 178 valence electrons. The number of piperidine rings is 1. The monoisotopic (exact) mass is 446 g/mol. The van der Waals surface area contributed by atoms with Gasteiger partial charge in [0.25, 0.3) is 0 Å². The standard InChI is InChI=1S/C24H38N4O4/c1-24(2,3)32-23(29)28-10-7-8-17(15-28)14-26-22(25-4)27-11-9-18-12-20(30-5)21(31-6)13-19(18)16-27/h12-13,17H,7-11,14-16H2,1-6H3,(H,25,26). The fraction of sp³-hybridized carbons (Fsp3) is 0.667. The van der Waals surface area contributed by atoms with Crippen molar-refractivity contribution in [3.63, 3.8) is 0 Å². The molecule has 0 saturated carbocycles. The lowest BCUT2D eigenvalue weighted by Gasteiger charge is -2.36. The number of ether oxygens (including phenoxy) is 3. The zero-order valence-electron chi connectivity index (χ0n) is 20.4. The van der Waals surface area contributed by atoms with Crippen LogP contribution in [0.25, 0.3) is 0 Å². The highest BCUT2D eigenvalue weighted by Gasteiger charge is 2.28. The van der Waals surface area contributed by atoms with Crippen LogP contribution in [0, 0.1) is 5.92 Å². The zero-order valence-corrected chi connectivity index (χ0v) is 20.4. The molecule has 1 amide bonds. The third kappa shape index (κ3) is 5.99. The maximum atomic E-state index is 12.4. The summed E-state index contributed by atoms with van der Waals surface area (Å²) in [7, 11) is 5.15. The summed E-state index contributed by atoms with van der Waals surface area (Å²) >= 11 is 0. The van der Waals surface area contributed by atoms with E-state index in [1.165, 1.54) is 11.1 Å². The number of carbonyl (C=O) groups is 1. The van der Waals surface area contributed by atoms with Gasteiger partial charge in [0.2, 0.25) is 0 Å². The molecule has 8 nitrogen and oxygen atoms in total. The first kappa shape index (κ1) is 24.0. The molecular formula is C24H38N4O4. The molecule has 0 spiro atoms. The van der Waals surface area contributed by atoms with E-state index in [1.54, 1.807) is 14.2 Å². The molecule has 32 heavy (non-hydrogen) atoms. The van der Waals surface area contributed by atoms with Crippen LogP contribution in [-0.4, -0.2) is 74.9 Å². The van der Waals surface area contributed by atoms with E-state index >= 15 is 0 Å². The number of guanidine groups is 1. The lowest BCUT2D eigenvalue weighted by Crippen LogP contribution is -2.48. The van der Waals surface area contributed by atoms with Crippen molar-refractivity contribution in [2.24, 2.45) is 10.9 Å². The van der Waals surface area contributed by atoms with Gasteiger partial charge in [-0.3, -0.25) is 4.99 Å². The fourth-order valence-electron chi connectivity index (χ4n) is 4.36. The molecule has 0 bridgehead atoms. The topological polar surface area (TPSA) is 75.6 Å². The van der Waals surface area contributed by atoms with Crippen molar-refractivity contribution < 1.29 is 19.0 Å². The predicted molar refractivity (Wildman–Crippen MR) is 126 cm³/mol. The maximum absolute atomic E-state index is 12.4. The summed E-state index contributed by atoms with van der Waals surface area (Å²) in [6, 6.07) is 4.14. The van der Waals surface area contributed by atoms with E-state index < -0.39 is 5.60 Å². The van der Waals surface area contributed by atoms with E-state index in [0.717, 1.165) is 62.9 Å². The van der Waals surface area contributed by atoms with Crippen LogP contribution in [0.1, 0.15) is 44.7 Å². The van der Waals surface area contributed by atoms with Gasteiger partial charge in [-0.25, -0.2) is 4.79 Å². The number of carbonyl (C=O) groups excluding carboxylic acids is 1. The second kappa shape index (κ2) is 10.3. The molecule has 1 fully saturated rings. The number of methoxy groups -OCH3 is 2. The lowest BCUT2D eigenvalue weighted by molar-refractivity contribution is 0.0168. The third-order valence-electron chi connectivity index (χ3n) is 5.95. The van der Waals surface area contributed by atoms with Crippen molar-refractivity contribution in [3.8, 4) is 11.5 Å². The van der Waals surface area contributed by atoms with Crippen LogP contribution in [0.4, 0.5) is 4.79 Å². The van der Waals surface area contributed by atoms with Gasteiger partial charge in [0.1, 0.15) is 5.60 Å². The average molecular weight is 447 g/mol. The van der Waals surface area contributed by atoms with Crippen molar-refractivity contribution in [2.75, 3.05) is 47.4 Å². The predicted octanol–water partition coefficient (Wildman–Crippen LogP) is 3.28. The first-order chi connectivity index (χ1) is 15.2. The Balaban J connectivity index is 1.58. The molecule has 1 aromatic rings. The molecule has 2 aliphatic heterocycles. The van der Waals surface area contributed by atoms with Crippen molar-refractivity contribution >= 4 is 12.1 Å². The summed E-state index contributed by atoms with van der Waals surface area (Å²) in [5, 5.41) is 3.54. The first-order valence-electron chi connectivity index (χ1n) is 11.4. The van der Waals surface area contributed by atoms with Crippen LogP contribution in [0.3, 0.4) is 0 Å². The molecule has 0 aliphatic carbocycles. The summed E-state index contributed by atoms with van der Waals surface area (Å²) in [5.74, 6) is 2.78. The minimum atomic E-state index is -0.471. The Hall–Kier alpha value is -2.64. The highest BCUT2D eigenvalue weighted by Crippen LogP contribution is 2.33. The fourth-order valence-corrected chi connectivity index (χ4v) is 4.36. The molecule has 1 N–H and O–H groups in total. The first-order valence-corrected chi connectivity index (χ1v) is 11.4. The molecule has 1 unspecified atom stereocenters. The van der Waals surface area contributed by atoms with E-state index in [9.17, 15) is 4.79 Å². The van der Waals surface area contributed by atoms with Crippen LogP contribution in [0.2, 0.25) is 0 Å². The molecule has 8 heteroatoms. The van der Waals surface area contributed by atoms with Crippen LogP contribution < -0.4 is 14.8 Å². The van der Waals surface area contributed by atoms with Crippen molar-refractivity contribution in [2.45, 2.75) is 52.2 Å². The number of rotatable bonds is 4. The largest absolute Gasteiger partial charge is 0.493 e. The van der Waals surface area contributed by atoms with E-state index in [2.05, 4.69) is 27.3 Å². The third-order valence-corrected chi connectivity index (χ3v) is 5.95. The quantitative estimate of drug-likeness (QED) is 0.565. The molecule has 2 aliphatic rings. The Bertz CT molecular complexity index is 834. The van der Waals surface area contributed by atoms with Gasteiger partial charge in [-0.05, 0) is 69.2 Å². The van der Waals surface area contributed by atoms with E-state index in [1.807, 2.05) is 32.7 Å². The second-order valence-corrected chi connectivity index (χ2v) is 9.51. The Morgan fingerprint density at radius 2 is 1.81 bits per heavy atom. The van der Waals surface area contributed by atoms with E-state index in [-0.39, 0.29) is 6.09 Å². The minimum Gasteiger partial charge on any atom is -0.493 e. The van der Waals surface area contributed by atoms with Gasteiger partial charge in [0.05, 0.1) is 14.2 Å². The molecule has 1 saturated heterocycles. The number of nitrogens with zero attached hydrogens (tertiary/aromatic N) is 3. The number of aliphatic imine (C=N–C) groups is 1. The Morgan fingerprint density at radius 1 is 1.12 bits per heavy atom. The SMILES string of the molecule is CN=C(NCC1CCCN(C(=O)OC(C)(C)C)C1)N1CCc2cc(OC)c(OC)cc2C1. The molecule has 0 radical (unpaired) electrons. The summed E-state index contributed by atoms with van der Waals surface area (Å²) in [4.78, 5) is 21.1. The molecule has 1 aromatic carbocycles.